The van der Waals surface area contributed by atoms with Crippen LogP contribution in [0.15, 0.2) is 24.3 Å². The minimum absolute atomic E-state index is 0.0708. The summed E-state index contributed by atoms with van der Waals surface area (Å²) >= 11 is 0. The molecule has 1 aliphatic rings. The summed E-state index contributed by atoms with van der Waals surface area (Å²) in [4.78, 5) is 38.7. The molecule has 2 unspecified atom stereocenters. The van der Waals surface area contributed by atoms with Crippen LogP contribution in [0, 0.1) is 11.8 Å². The number of hydrogen-bond acceptors (Lipinski definition) is 4. The Kier molecular flexibility index (Phi) is 8.03. The maximum absolute atomic E-state index is 12.6. The van der Waals surface area contributed by atoms with E-state index in [9.17, 15) is 14.4 Å². The molecule has 0 saturated carbocycles. The van der Waals surface area contributed by atoms with Crippen LogP contribution in [0.5, 0.6) is 0 Å². The highest BCUT2D eigenvalue weighted by Crippen LogP contribution is 2.20. The zero-order chi connectivity index (χ0) is 20.7. The molecule has 154 valence electrons. The summed E-state index contributed by atoms with van der Waals surface area (Å²) in [5, 5.41) is 2.76. The van der Waals surface area contributed by atoms with E-state index >= 15 is 0 Å². The number of esters is 1. The molecule has 0 spiro atoms. The average molecular weight is 389 g/mol. The first-order chi connectivity index (χ1) is 13.3. The van der Waals surface area contributed by atoms with Gasteiger partial charge in [0.15, 0.2) is 0 Å². The fourth-order valence-corrected chi connectivity index (χ4v) is 3.61. The Bertz CT molecular complexity index is 702. The average Bonchev–Trinajstić information content (AvgIpc) is 2.65. The number of amides is 2. The second kappa shape index (κ2) is 10.2. The number of nitrogens with one attached hydrogen (secondary N) is 1. The molecule has 2 atom stereocenters. The molecule has 0 bridgehead atoms. The van der Waals surface area contributed by atoms with Gasteiger partial charge in [-0.25, -0.2) is 4.79 Å². The van der Waals surface area contributed by atoms with Gasteiger partial charge in [-0.1, -0.05) is 45.0 Å². The molecule has 6 nitrogen and oxygen atoms in total. The van der Waals surface area contributed by atoms with Crippen molar-refractivity contribution in [3.8, 4) is 0 Å². The van der Waals surface area contributed by atoms with E-state index < -0.39 is 12.0 Å². The lowest BCUT2D eigenvalue weighted by molar-refractivity contribution is -0.145. The summed E-state index contributed by atoms with van der Waals surface area (Å²) in [5.41, 5.74) is 2.50. The molecule has 0 saturated heterocycles. The van der Waals surface area contributed by atoms with Crippen molar-refractivity contribution in [2.45, 2.75) is 59.0 Å². The summed E-state index contributed by atoms with van der Waals surface area (Å²) in [5.74, 6) is -0.424. The van der Waals surface area contributed by atoms with Gasteiger partial charge in [-0.2, -0.15) is 0 Å². The van der Waals surface area contributed by atoms with Gasteiger partial charge in [-0.3, -0.25) is 9.59 Å². The van der Waals surface area contributed by atoms with Crippen LogP contribution >= 0.6 is 0 Å². The Morgan fingerprint density at radius 3 is 2.43 bits per heavy atom. The zero-order valence-electron chi connectivity index (χ0n) is 17.4. The number of fused-ring (bicyclic) bond motifs is 1. The van der Waals surface area contributed by atoms with E-state index in [0.717, 1.165) is 6.42 Å². The molecule has 1 aromatic rings. The quantitative estimate of drug-likeness (QED) is 0.695. The second-order valence-corrected chi connectivity index (χ2v) is 8.12. The zero-order valence-corrected chi connectivity index (χ0v) is 17.4. The van der Waals surface area contributed by atoms with Crippen LogP contribution in [0.1, 0.15) is 51.2 Å². The van der Waals surface area contributed by atoms with Crippen molar-refractivity contribution < 1.29 is 19.1 Å². The molecule has 2 amide bonds. The predicted molar refractivity (Wildman–Crippen MR) is 107 cm³/mol. The molecule has 6 heteroatoms. The molecule has 1 aliphatic heterocycles. The van der Waals surface area contributed by atoms with Gasteiger partial charge in [-0.15, -0.1) is 0 Å². The van der Waals surface area contributed by atoms with Gasteiger partial charge in [0, 0.05) is 25.9 Å². The Labute approximate surface area is 167 Å². The third-order valence-corrected chi connectivity index (χ3v) is 5.07. The maximum Gasteiger partial charge on any atom is 0.328 e. The summed E-state index contributed by atoms with van der Waals surface area (Å²) in [6, 6.07) is 7.55. The molecule has 28 heavy (non-hydrogen) atoms. The predicted octanol–water partition coefficient (Wildman–Crippen LogP) is 2.69. The summed E-state index contributed by atoms with van der Waals surface area (Å²) in [6.45, 7) is 7.21. The lowest BCUT2D eigenvalue weighted by Gasteiger charge is -2.29. The number of nitrogens with zero attached hydrogens (tertiary/aromatic N) is 1. The number of carbonyl (C=O) groups is 3. The Hall–Kier alpha value is -2.37. The van der Waals surface area contributed by atoms with E-state index in [1.54, 1.807) is 0 Å². The number of ether oxygens (including phenoxy) is 1. The first-order valence-electron chi connectivity index (χ1n) is 10.0. The summed E-state index contributed by atoms with van der Waals surface area (Å²) in [6.07, 6.45) is 1.93. The number of benzene rings is 1. The van der Waals surface area contributed by atoms with Crippen molar-refractivity contribution in [2.75, 3.05) is 13.7 Å². The molecular weight excluding hydrogens is 356 g/mol. The maximum atomic E-state index is 12.6. The number of hydrogen-bond donors (Lipinski definition) is 1. The van der Waals surface area contributed by atoms with Crippen molar-refractivity contribution >= 4 is 17.8 Å². The second-order valence-electron chi connectivity index (χ2n) is 8.12. The summed E-state index contributed by atoms with van der Waals surface area (Å²) in [7, 11) is 1.32. The highest BCUT2D eigenvalue weighted by molar-refractivity contribution is 5.85. The third kappa shape index (κ3) is 6.36. The van der Waals surface area contributed by atoms with Crippen LogP contribution in [0.3, 0.4) is 0 Å². The van der Waals surface area contributed by atoms with E-state index in [1.807, 2.05) is 37.8 Å². The fraction of sp³-hybridized carbons (Fsp3) is 0.591. The molecule has 0 aromatic heterocycles. The van der Waals surface area contributed by atoms with Gasteiger partial charge >= 0.3 is 5.97 Å². The molecule has 1 N–H and O–H groups in total. The normalized spacial score (nSPS) is 15.5. The van der Waals surface area contributed by atoms with E-state index in [4.69, 9.17) is 4.74 Å². The number of carbonyl (C=O) groups excluding carboxylic acids is 3. The molecule has 0 aliphatic carbocycles. The Balaban J connectivity index is 1.84. The van der Waals surface area contributed by atoms with Gasteiger partial charge in [0.25, 0.3) is 0 Å². The van der Waals surface area contributed by atoms with Gasteiger partial charge in [0.1, 0.15) is 6.04 Å². The highest BCUT2D eigenvalue weighted by atomic mass is 16.5. The highest BCUT2D eigenvalue weighted by Gasteiger charge is 2.25. The van der Waals surface area contributed by atoms with Crippen LogP contribution in [-0.2, 0) is 32.1 Å². The standard InChI is InChI=1S/C22H32N2O4/c1-15(2)11-19(22(27)28-4)23-20(25)12-16(3)13-21(26)24-10-9-17-7-5-6-8-18(17)14-24/h5-8,15-16,19H,9-14H2,1-4H3,(H,23,25). The van der Waals surface area contributed by atoms with Gasteiger partial charge < -0.3 is 15.0 Å². The monoisotopic (exact) mass is 388 g/mol. The molecule has 0 fully saturated rings. The van der Waals surface area contributed by atoms with Crippen LogP contribution in [0.25, 0.3) is 0 Å². The molecular formula is C22H32N2O4. The van der Waals surface area contributed by atoms with Gasteiger partial charge in [0.2, 0.25) is 11.8 Å². The molecule has 0 radical (unpaired) electrons. The minimum Gasteiger partial charge on any atom is -0.467 e. The van der Waals surface area contributed by atoms with Crippen LogP contribution in [-0.4, -0.2) is 42.4 Å². The number of methoxy groups -OCH3 is 1. The Morgan fingerprint density at radius 1 is 1.11 bits per heavy atom. The molecule has 1 heterocycles. The van der Waals surface area contributed by atoms with Crippen molar-refractivity contribution in [1.29, 1.82) is 0 Å². The lowest BCUT2D eigenvalue weighted by atomic mass is 9.97. The van der Waals surface area contributed by atoms with E-state index in [0.29, 0.717) is 25.9 Å². The number of rotatable bonds is 8. The van der Waals surface area contributed by atoms with Crippen molar-refractivity contribution in [1.82, 2.24) is 10.2 Å². The minimum atomic E-state index is -0.640. The third-order valence-electron chi connectivity index (χ3n) is 5.07. The van der Waals surface area contributed by atoms with E-state index in [-0.39, 0.29) is 30.1 Å². The Morgan fingerprint density at radius 2 is 1.79 bits per heavy atom. The first kappa shape index (κ1) is 21.9. The van der Waals surface area contributed by atoms with Crippen molar-refractivity contribution in [3.63, 3.8) is 0 Å². The van der Waals surface area contributed by atoms with Crippen LogP contribution in [0.2, 0.25) is 0 Å². The smallest absolute Gasteiger partial charge is 0.328 e. The van der Waals surface area contributed by atoms with Crippen molar-refractivity contribution in [2.24, 2.45) is 11.8 Å². The van der Waals surface area contributed by atoms with Crippen LogP contribution < -0.4 is 5.32 Å². The summed E-state index contributed by atoms with van der Waals surface area (Å²) < 4.78 is 4.78. The largest absolute Gasteiger partial charge is 0.467 e. The van der Waals surface area contributed by atoms with E-state index in [1.165, 1.54) is 18.2 Å². The fourth-order valence-electron chi connectivity index (χ4n) is 3.61. The van der Waals surface area contributed by atoms with Gasteiger partial charge in [0.05, 0.1) is 7.11 Å². The first-order valence-corrected chi connectivity index (χ1v) is 10.0. The van der Waals surface area contributed by atoms with Gasteiger partial charge in [-0.05, 0) is 35.8 Å². The SMILES string of the molecule is COC(=O)C(CC(C)C)NC(=O)CC(C)CC(=O)N1CCc2ccccc2C1. The van der Waals surface area contributed by atoms with Crippen molar-refractivity contribution in [3.05, 3.63) is 35.4 Å². The van der Waals surface area contributed by atoms with Crippen LogP contribution in [0.4, 0.5) is 0 Å². The topological polar surface area (TPSA) is 75.7 Å². The molecule has 2 rings (SSSR count). The molecule has 1 aromatic carbocycles. The van der Waals surface area contributed by atoms with E-state index in [2.05, 4.69) is 17.4 Å². The lowest BCUT2D eigenvalue weighted by Crippen LogP contribution is -2.43.